The lowest BCUT2D eigenvalue weighted by Gasteiger charge is -1.92. The summed E-state index contributed by atoms with van der Waals surface area (Å²) in [5.74, 6) is -0.957. The fraction of sp³-hybridized carbons (Fsp3) is 0.333. The van der Waals surface area contributed by atoms with Gasteiger partial charge in [-0.2, -0.15) is 0 Å². The Morgan fingerprint density at radius 1 is 1.33 bits per heavy atom. The van der Waals surface area contributed by atoms with E-state index in [2.05, 4.69) is 0 Å². The van der Waals surface area contributed by atoms with Gasteiger partial charge < -0.3 is 0 Å². The Labute approximate surface area is 59.7 Å². The van der Waals surface area contributed by atoms with Crippen LogP contribution in [0.1, 0.15) is 28.4 Å². The van der Waals surface area contributed by atoms with Gasteiger partial charge in [0.1, 0.15) is 0 Å². The first-order valence-electron chi connectivity index (χ1n) is 4.73. The van der Waals surface area contributed by atoms with Gasteiger partial charge >= 0.3 is 0 Å². The molecular formula is C9H10. The van der Waals surface area contributed by atoms with Crippen molar-refractivity contribution in [1.82, 2.24) is 0 Å². The van der Waals surface area contributed by atoms with E-state index in [0.717, 1.165) is 5.56 Å². The topological polar surface area (TPSA) is 0 Å². The molecule has 1 aliphatic rings. The van der Waals surface area contributed by atoms with Gasteiger partial charge in [0, 0.05) is 4.11 Å². The van der Waals surface area contributed by atoms with Crippen LogP contribution in [-0.2, 0) is 0 Å². The maximum atomic E-state index is 7.82. The van der Waals surface area contributed by atoms with Gasteiger partial charge in [0.05, 0.1) is 0 Å². The van der Waals surface area contributed by atoms with Gasteiger partial charge in [-0.1, -0.05) is 30.3 Å². The van der Waals surface area contributed by atoms with Crippen molar-refractivity contribution >= 4 is 0 Å². The van der Waals surface area contributed by atoms with Gasteiger partial charge in [-0.15, -0.1) is 0 Å². The van der Waals surface area contributed by atoms with Gasteiger partial charge in [0.2, 0.25) is 0 Å². The van der Waals surface area contributed by atoms with Crippen molar-refractivity contribution in [3.63, 3.8) is 0 Å². The molecule has 0 nitrogen and oxygen atoms in total. The molecule has 0 heteroatoms. The number of benzene rings is 1. The maximum absolute atomic E-state index is 7.82. The van der Waals surface area contributed by atoms with E-state index in [0.29, 0.717) is 0 Å². The van der Waals surface area contributed by atoms with Gasteiger partial charge in [0.15, 0.2) is 0 Å². The third kappa shape index (κ3) is 0.973. The van der Waals surface area contributed by atoms with Crippen LogP contribution >= 0.6 is 0 Å². The third-order valence-electron chi connectivity index (χ3n) is 1.44. The zero-order valence-electron chi connectivity index (χ0n) is 8.04. The second-order valence-corrected chi connectivity index (χ2v) is 2.15. The van der Waals surface area contributed by atoms with Crippen LogP contribution in [0.25, 0.3) is 0 Å². The highest BCUT2D eigenvalue weighted by atomic mass is 14.3. The molecule has 0 spiro atoms. The number of rotatable bonds is 1. The molecule has 0 saturated heterocycles. The Morgan fingerprint density at radius 2 is 2.00 bits per heavy atom. The summed E-state index contributed by atoms with van der Waals surface area (Å²) in [7, 11) is 0. The van der Waals surface area contributed by atoms with E-state index in [9.17, 15) is 0 Å². The Balaban J connectivity index is 2.34. The molecule has 1 fully saturated rings. The fourth-order valence-corrected chi connectivity index (χ4v) is 0.865. The molecule has 1 aromatic carbocycles. The van der Waals surface area contributed by atoms with Crippen molar-refractivity contribution in [2.75, 3.05) is 0 Å². The Hall–Kier alpha value is -0.780. The van der Waals surface area contributed by atoms with Crippen LogP contribution in [0.2, 0.25) is 0 Å². The summed E-state index contributed by atoms with van der Waals surface area (Å²) in [5, 5.41) is 0. The minimum Gasteiger partial charge on any atom is -0.0622 e. The van der Waals surface area contributed by atoms with Crippen LogP contribution in [0.5, 0.6) is 0 Å². The lowest BCUT2D eigenvalue weighted by Crippen LogP contribution is -1.73. The van der Waals surface area contributed by atoms with Gasteiger partial charge in [-0.05, 0) is 24.3 Å². The molecule has 0 bridgehead atoms. The predicted octanol–water partition coefficient (Wildman–Crippen LogP) is 2.56. The van der Waals surface area contributed by atoms with Crippen LogP contribution in [0.15, 0.2) is 30.3 Å². The Morgan fingerprint density at radius 3 is 2.56 bits per heavy atom. The van der Waals surface area contributed by atoms with Crippen LogP contribution in [-0.4, -0.2) is 0 Å². The second kappa shape index (κ2) is 1.87. The zero-order valence-corrected chi connectivity index (χ0v) is 5.04. The smallest absolute Gasteiger partial charge is 0.0352 e. The van der Waals surface area contributed by atoms with Crippen LogP contribution in [0, 0.1) is 0 Å². The molecule has 1 aliphatic carbocycles. The zero-order chi connectivity index (χ0) is 8.77. The van der Waals surface area contributed by atoms with Crippen molar-refractivity contribution in [3.05, 3.63) is 35.9 Å². The molecule has 9 heavy (non-hydrogen) atoms. The van der Waals surface area contributed by atoms with Gasteiger partial charge in [-0.25, -0.2) is 0 Å². The van der Waals surface area contributed by atoms with Gasteiger partial charge in [-0.3, -0.25) is 0 Å². The first-order chi connectivity index (χ1) is 5.67. The highest BCUT2D eigenvalue weighted by Crippen LogP contribution is 2.39. The molecule has 0 N–H and O–H groups in total. The minimum atomic E-state index is -0.957. The minimum absolute atomic E-state index is 0.570. The molecule has 1 saturated carbocycles. The number of hydrogen-bond acceptors (Lipinski definition) is 0. The SMILES string of the molecule is [2H][C@@H]1[C@@H]([2H])C1([2H])c1ccccc1. The molecule has 1 aromatic rings. The predicted molar refractivity (Wildman–Crippen MR) is 38.4 cm³/mol. The molecule has 0 heterocycles. The van der Waals surface area contributed by atoms with E-state index in [-0.39, 0.29) is 0 Å². The average Bonchev–Trinajstić information content (AvgIpc) is 2.60. The van der Waals surface area contributed by atoms with Crippen molar-refractivity contribution < 1.29 is 4.11 Å². The van der Waals surface area contributed by atoms with Crippen molar-refractivity contribution in [2.24, 2.45) is 0 Å². The molecule has 2 rings (SSSR count). The highest BCUT2D eigenvalue weighted by Gasteiger charge is 2.22. The normalized spacial score (nSPS) is 53.1. The molecule has 0 unspecified atom stereocenters. The molecule has 46 valence electrons. The summed E-state index contributed by atoms with van der Waals surface area (Å²) in [6.07, 6.45) is -1.14. The summed E-state index contributed by atoms with van der Waals surface area (Å²) in [5.41, 5.74) is 0.796. The standard InChI is InChI=1S/C9H10/c1-2-4-8(5-3-1)9-6-7-9/h1-5,9H,6-7H2/i6D,7D,9D/t6-,7-/m1/s1. The molecular weight excluding hydrogens is 108 g/mol. The first-order valence-corrected chi connectivity index (χ1v) is 3.07. The summed E-state index contributed by atoms with van der Waals surface area (Å²) in [4.78, 5) is 0. The van der Waals surface area contributed by atoms with Crippen molar-refractivity contribution in [3.8, 4) is 0 Å². The average molecular weight is 121 g/mol. The molecule has 2 atom stereocenters. The molecule has 0 aliphatic heterocycles. The van der Waals surface area contributed by atoms with E-state index in [4.69, 9.17) is 4.11 Å². The molecule has 0 aromatic heterocycles. The van der Waals surface area contributed by atoms with Crippen molar-refractivity contribution in [1.29, 1.82) is 0 Å². The highest BCUT2D eigenvalue weighted by molar-refractivity contribution is 5.22. The Kier molecular flexibility index (Phi) is 0.596. The van der Waals surface area contributed by atoms with Crippen molar-refractivity contribution in [2.45, 2.75) is 18.7 Å². The second-order valence-electron chi connectivity index (χ2n) is 2.15. The Bertz CT molecular complexity index is 275. The van der Waals surface area contributed by atoms with E-state index in [1.807, 2.05) is 30.3 Å². The fourth-order valence-electron chi connectivity index (χ4n) is 0.865. The van der Waals surface area contributed by atoms with Crippen LogP contribution < -0.4 is 0 Å². The monoisotopic (exact) mass is 121 g/mol. The largest absolute Gasteiger partial charge is 0.0622 e. The van der Waals surface area contributed by atoms with E-state index < -0.39 is 18.7 Å². The van der Waals surface area contributed by atoms with E-state index in [1.165, 1.54) is 0 Å². The first kappa shape index (κ1) is 2.87. The van der Waals surface area contributed by atoms with E-state index >= 15 is 0 Å². The summed E-state index contributed by atoms with van der Waals surface area (Å²) in [6, 6.07) is 9.23. The van der Waals surface area contributed by atoms with Gasteiger partial charge in [0.25, 0.3) is 0 Å². The van der Waals surface area contributed by atoms with Crippen LogP contribution in [0.3, 0.4) is 0 Å². The third-order valence-corrected chi connectivity index (χ3v) is 1.44. The molecule has 0 radical (unpaired) electrons. The lowest BCUT2D eigenvalue weighted by atomic mass is 10.1. The summed E-state index contributed by atoms with van der Waals surface area (Å²) >= 11 is 0. The lowest BCUT2D eigenvalue weighted by molar-refractivity contribution is 1.13. The van der Waals surface area contributed by atoms with Crippen LogP contribution in [0.4, 0.5) is 0 Å². The quantitative estimate of drug-likeness (QED) is 0.535. The summed E-state index contributed by atoms with van der Waals surface area (Å²) < 4.78 is 22.7. The molecule has 0 amide bonds. The van der Waals surface area contributed by atoms with E-state index in [1.54, 1.807) is 0 Å². The number of hydrogen-bond donors (Lipinski definition) is 0. The maximum Gasteiger partial charge on any atom is 0.0352 e. The summed E-state index contributed by atoms with van der Waals surface area (Å²) in [6.45, 7) is 0.